The fourth-order valence-electron chi connectivity index (χ4n) is 3.49. The summed E-state index contributed by atoms with van der Waals surface area (Å²) in [4.78, 5) is 18.0. The number of nitrogens with zero attached hydrogens (tertiary/aromatic N) is 2. The van der Waals surface area contributed by atoms with Gasteiger partial charge in [-0.05, 0) is 6.42 Å². The van der Waals surface area contributed by atoms with E-state index < -0.39 is 0 Å². The van der Waals surface area contributed by atoms with Gasteiger partial charge in [0, 0.05) is 19.5 Å². The molecular formula is C22H42N2O3. The molecule has 5 heteroatoms. The van der Waals surface area contributed by atoms with Gasteiger partial charge in [-0.2, -0.15) is 0 Å². The maximum atomic E-state index is 11.0. The fourth-order valence-corrected chi connectivity index (χ4v) is 3.49. The molecule has 0 aromatic carbocycles. The highest BCUT2D eigenvalue weighted by Gasteiger charge is 2.15. The molecule has 0 bridgehead atoms. The first-order valence-electron chi connectivity index (χ1n) is 11.2. The van der Waals surface area contributed by atoms with E-state index in [0.29, 0.717) is 19.6 Å². The smallest absolute Gasteiger partial charge is 0.307 e. The molecule has 0 unspecified atom stereocenters. The van der Waals surface area contributed by atoms with Crippen LogP contribution in [-0.2, 0) is 14.3 Å². The molecule has 0 aromatic rings. The van der Waals surface area contributed by atoms with Gasteiger partial charge in [-0.15, -0.1) is 0 Å². The normalized spacial score (nSPS) is 13.9. The van der Waals surface area contributed by atoms with Crippen molar-refractivity contribution in [2.24, 2.45) is 4.99 Å². The number of hydrogen-bond donors (Lipinski definition) is 0. The Kier molecular flexibility index (Phi) is 15.1. The molecule has 1 heterocycles. The number of methoxy groups -OCH3 is 1. The van der Waals surface area contributed by atoms with Crippen LogP contribution in [0.1, 0.15) is 90.4 Å². The van der Waals surface area contributed by atoms with E-state index in [1.165, 1.54) is 83.6 Å². The van der Waals surface area contributed by atoms with Crippen LogP contribution in [-0.4, -0.2) is 56.7 Å². The number of rotatable bonds is 18. The van der Waals surface area contributed by atoms with Gasteiger partial charge in [0.05, 0.1) is 39.1 Å². The molecule has 27 heavy (non-hydrogen) atoms. The Morgan fingerprint density at radius 3 is 2.22 bits per heavy atom. The Bertz CT molecular complexity index is 399. The molecule has 0 amide bonds. The van der Waals surface area contributed by atoms with Crippen LogP contribution in [0.4, 0.5) is 0 Å². The standard InChI is InChI=1S/C22H42N2O3/c1-3-4-5-6-7-8-9-10-11-12-13-14-21-23-16-17-24(21)18-20-27-19-15-22(25)26-2/h3-20H2,1-2H3. The summed E-state index contributed by atoms with van der Waals surface area (Å²) < 4.78 is 10.1. The predicted octanol–water partition coefficient (Wildman–Crippen LogP) is 4.98. The minimum Gasteiger partial charge on any atom is -0.469 e. The van der Waals surface area contributed by atoms with Gasteiger partial charge >= 0.3 is 5.97 Å². The van der Waals surface area contributed by atoms with Crippen molar-refractivity contribution in [1.29, 1.82) is 0 Å². The van der Waals surface area contributed by atoms with Crippen LogP contribution in [0, 0.1) is 0 Å². The lowest BCUT2D eigenvalue weighted by Crippen LogP contribution is -2.31. The molecular weight excluding hydrogens is 340 g/mol. The van der Waals surface area contributed by atoms with Gasteiger partial charge < -0.3 is 14.4 Å². The second kappa shape index (κ2) is 17.0. The third kappa shape index (κ3) is 12.8. The van der Waals surface area contributed by atoms with Gasteiger partial charge in [-0.1, -0.05) is 71.1 Å². The maximum absolute atomic E-state index is 11.0. The van der Waals surface area contributed by atoms with Gasteiger partial charge in [0.1, 0.15) is 0 Å². The average Bonchev–Trinajstić information content (AvgIpc) is 3.13. The van der Waals surface area contributed by atoms with Crippen LogP contribution < -0.4 is 0 Å². The monoisotopic (exact) mass is 382 g/mol. The third-order valence-electron chi connectivity index (χ3n) is 5.22. The van der Waals surface area contributed by atoms with Crippen LogP contribution in [0.5, 0.6) is 0 Å². The molecule has 0 atom stereocenters. The van der Waals surface area contributed by atoms with Crippen molar-refractivity contribution in [2.45, 2.75) is 90.4 Å². The van der Waals surface area contributed by atoms with Crippen LogP contribution in [0.3, 0.4) is 0 Å². The number of ether oxygens (including phenoxy) is 2. The van der Waals surface area contributed by atoms with Crippen molar-refractivity contribution >= 4 is 11.8 Å². The average molecular weight is 383 g/mol. The lowest BCUT2D eigenvalue weighted by molar-refractivity contribution is -0.141. The third-order valence-corrected chi connectivity index (χ3v) is 5.22. The lowest BCUT2D eigenvalue weighted by Gasteiger charge is -2.20. The van der Waals surface area contributed by atoms with Gasteiger partial charge in [-0.25, -0.2) is 0 Å². The van der Waals surface area contributed by atoms with Crippen molar-refractivity contribution in [3.05, 3.63) is 0 Å². The number of amidine groups is 1. The molecule has 0 spiro atoms. The second-order valence-corrected chi connectivity index (χ2v) is 7.51. The largest absolute Gasteiger partial charge is 0.469 e. The quantitative estimate of drug-likeness (QED) is 0.248. The Labute approximate surface area is 166 Å². The first-order chi connectivity index (χ1) is 13.3. The lowest BCUT2D eigenvalue weighted by atomic mass is 10.1. The molecule has 0 N–H and O–H groups in total. The Hall–Kier alpha value is -1.10. The maximum Gasteiger partial charge on any atom is 0.307 e. The van der Waals surface area contributed by atoms with Gasteiger partial charge in [0.15, 0.2) is 0 Å². The van der Waals surface area contributed by atoms with Gasteiger partial charge in [-0.3, -0.25) is 9.79 Å². The van der Waals surface area contributed by atoms with E-state index in [1.807, 2.05) is 0 Å². The van der Waals surface area contributed by atoms with Crippen molar-refractivity contribution in [3.63, 3.8) is 0 Å². The van der Waals surface area contributed by atoms with E-state index >= 15 is 0 Å². The number of esters is 1. The van der Waals surface area contributed by atoms with E-state index in [2.05, 4.69) is 21.6 Å². The molecule has 0 aromatic heterocycles. The molecule has 1 rings (SSSR count). The van der Waals surface area contributed by atoms with Crippen molar-refractivity contribution in [2.75, 3.05) is 40.0 Å². The summed E-state index contributed by atoms with van der Waals surface area (Å²) in [6, 6.07) is 0. The van der Waals surface area contributed by atoms with Crippen molar-refractivity contribution < 1.29 is 14.3 Å². The van der Waals surface area contributed by atoms with Crippen molar-refractivity contribution in [1.82, 2.24) is 4.90 Å². The Morgan fingerprint density at radius 1 is 0.963 bits per heavy atom. The molecule has 0 radical (unpaired) electrons. The van der Waals surface area contributed by atoms with E-state index in [1.54, 1.807) is 0 Å². The zero-order valence-corrected chi connectivity index (χ0v) is 17.8. The molecule has 158 valence electrons. The number of hydrogen-bond acceptors (Lipinski definition) is 5. The summed E-state index contributed by atoms with van der Waals surface area (Å²) in [5.74, 6) is 1.04. The summed E-state index contributed by atoms with van der Waals surface area (Å²) in [6.45, 7) is 6.15. The SMILES string of the molecule is CCCCCCCCCCCCCC1=NCCN1CCOCCC(=O)OC. The summed E-state index contributed by atoms with van der Waals surface area (Å²) in [6.07, 6.45) is 16.6. The minimum atomic E-state index is -0.213. The zero-order valence-electron chi connectivity index (χ0n) is 17.8. The highest BCUT2D eigenvalue weighted by molar-refractivity contribution is 5.83. The molecule has 1 aliphatic rings. The molecule has 0 saturated heterocycles. The van der Waals surface area contributed by atoms with Gasteiger partial charge in [0.25, 0.3) is 0 Å². The molecule has 1 aliphatic heterocycles. The van der Waals surface area contributed by atoms with Crippen LogP contribution >= 0.6 is 0 Å². The first-order valence-corrected chi connectivity index (χ1v) is 11.2. The fraction of sp³-hybridized carbons (Fsp3) is 0.909. The summed E-state index contributed by atoms with van der Waals surface area (Å²) in [5.41, 5.74) is 0. The second-order valence-electron chi connectivity index (χ2n) is 7.51. The number of aliphatic imine (C=N–C) groups is 1. The van der Waals surface area contributed by atoms with Crippen LogP contribution in [0.15, 0.2) is 4.99 Å². The Morgan fingerprint density at radius 2 is 1.59 bits per heavy atom. The predicted molar refractivity (Wildman–Crippen MR) is 112 cm³/mol. The molecule has 0 fully saturated rings. The minimum absolute atomic E-state index is 0.213. The highest BCUT2D eigenvalue weighted by atomic mass is 16.5. The molecule has 5 nitrogen and oxygen atoms in total. The molecule has 0 saturated carbocycles. The summed E-state index contributed by atoms with van der Waals surface area (Å²) >= 11 is 0. The van der Waals surface area contributed by atoms with E-state index in [4.69, 9.17) is 4.74 Å². The van der Waals surface area contributed by atoms with E-state index in [-0.39, 0.29) is 5.97 Å². The van der Waals surface area contributed by atoms with Crippen LogP contribution in [0.25, 0.3) is 0 Å². The zero-order chi connectivity index (χ0) is 19.6. The number of carbonyl (C=O) groups excluding carboxylic acids is 1. The van der Waals surface area contributed by atoms with Crippen molar-refractivity contribution in [3.8, 4) is 0 Å². The number of carbonyl (C=O) groups is 1. The van der Waals surface area contributed by atoms with Crippen LogP contribution in [0.2, 0.25) is 0 Å². The van der Waals surface area contributed by atoms with Gasteiger partial charge in [0.2, 0.25) is 0 Å². The summed E-state index contributed by atoms with van der Waals surface area (Å²) in [7, 11) is 1.41. The first kappa shape index (κ1) is 23.9. The summed E-state index contributed by atoms with van der Waals surface area (Å²) in [5, 5.41) is 0. The highest BCUT2D eigenvalue weighted by Crippen LogP contribution is 2.14. The Balaban J connectivity index is 1.93. The number of unbranched alkanes of at least 4 members (excludes halogenated alkanes) is 10. The van der Waals surface area contributed by atoms with E-state index in [9.17, 15) is 4.79 Å². The topological polar surface area (TPSA) is 51.1 Å². The molecule has 0 aliphatic carbocycles. The van der Waals surface area contributed by atoms with E-state index in [0.717, 1.165) is 26.1 Å².